The number of thiophene rings is 2. The third-order valence-electron chi connectivity index (χ3n) is 6.08. The molecule has 154 valence electrons. The molecule has 0 aliphatic heterocycles. The molecule has 0 unspecified atom stereocenters. The molecule has 32 heavy (non-hydrogen) atoms. The minimum atomic E-state index is 0.942. The van der Waals surface area contributed by atoms with Gasteiger partial charge in [0.05, 0.1) is 9.75 Å². The molecular formula is C28H18O2S2. The van der Waals surface area contributed by atoms with Crippen molar-refractivity contribution in [3.8, 4) is 21.3 Å². The van der Waals surface area contributed by atoms with E-state index in [1.165, 1.54) is 51.5 Å². The third kappa shape index (κ3) is 2.77. The summed E-state index contributed by atoms with van der Waals surface area (Å²) >= 11 is 3.58. The predicted octanol–water partition coefficient (Wildman–Crippen LogP) is 9.56. The average Bonchev–Trinajstić information content (AvgIpc) is 3.56. The van der Waals surface area contributed by atoms with Gasteiger partial charge in [0.25, 0.3) is 0 Å². The molecule has 7 rings (SSSR count). The maximum absolute atomic E-state index is 5.86. The van der Waals surface area contributed by atoms with Crippen LogP contribution < -0.4 is 0 Å². The van der Waals surface area contributed by atoms with Crippen LogP contribution in [0.4, 0.5) is 0 Å². The Labute approximate surface area is 192 Å². The van der Waals surface area contributed by atoms with Gasteiger partial charge in [-0.25, -0.2) is 0 Å². The van der Waals surface area contributed by atoms with Gasteiger partial charge < -0.3 is 8.83 Å². The minimum Gasteiger partial charge on any atom is -0.461 e. The van der Waals surface area contributed by atoms with E-state index in [-0.39, 0.29) is 0 Å². The summed E-state index contributed by atoms with van der Waals surface area (Å²) in [6.45, 7) is 3.97. The number of hydrogen-bond acceptors (Lipinski definition) is 4. The Kier molecular flexibility index (Phi) is 3.75. The van der Waals surface area contributed by atoms with Crippen LogP contribution in [0, 0.1) is 13.8 Å². The largest absolute Gasteiger partial charge is 0.461 e. The first-order valence-corrected chi connectivity index (χ1v) is 12.2. The van der Waals surface area contributed by atoms with Crippen LogP contribution in [0.1, 0.15) is 11.5 Å². The second-order valence-corrected chi connectivity index (χ2v) is 10.5. The molecule has 0 radical (unpaired) electrons. The van der Waals surface area contributed by atoms with Gasteiger partial charge in [0.15, 0.2) is 0 Å². The molecule has 0 atom stereocenters. The van der Waals surface area contributed by atoms with Crippen molar-refractivity contribution in [3.05, 3.63) is 84.3 Å². The molecule has 3 aromatic carbocycles. The first-order valence-electron chi connectivity index (χ1n) is 10.6. The molecule has 7 aromatic rings. The highest BCUT2D eigenvalue weighted by Crippen LogP contribution is 2.41. The lowest BCUT2D eigenvalue weighted by Gasteiger charge is -2.05. The Hall–Kier alpha value is -3.34. The Morgan fingerprint density at radius 2 is 0.969 bits per heavy atom. The number of aryl methyl sites for hydroxylation is 2. The normalized spacial score (nSPS) is 12.1. The molecule has 2 nitrogen and oxygen atoms in total. The Balaban J connectivity index is 1.44. The van der Waals surface area contributed by atoms with Crippen LogP contribution in [-0.2, 0) is 0 Å². The van der Waals surface area contributed by atoms with Crippen molar-refractivity contribution in [2.24, 2.45) is 0 Å². The van der Waals surface area contributed by atoms with E-state index in [4.69, 9.17) is 8.83 Å². The van der Waals surface area contributed by atoms with Gasteiger partial charge in [0.1, 0.15) is 23.0 Å². The molecule has 4 aromatic heterocycles. The van der Waals surface area contributed by atoms with E-state index in [2.05, 4.69) is 60.7 Å². The summed E-state index contributed by atoms with van der Waals surface area (Å²) in [6, 6.07) is 26.4. The van der Waals surface area contributed by atoms with E-state index in [9.17, 15) is 0 Å². The van der Waals surface area contributed by atoms with Crippen LogP contribution >= 0.6 is 22.7 Å². The average molecular weight is 451 g/mol. The summed E-state index contributed by atoms with van der Waals surface area (Å²) in [5.74, 6) is 3.77. The Morgan fingerprint density at radius 3 is 1.38 bits per heavy atom. The Morgan fingerprint density at radius 1 is 0.500 bits per heavy atom. The molecule has 0 fully saturated rings. The molecule has 0 N–H and O–H groups in total. The van der Waals surface area contributed by atoms with Gasteiger partial charge in [-0.05, 0) is 107 Å². The predicted molar refractivity (Wildman–Crippen MR) is 137 cm³/mol. The second-order valence-electron chi connectivity index (χ2n) is 8.33. The molecule has 0 saturated carbocycles. The van der Waals surface area contributed by atoms with E-state index in [1.54, 1.807) is 22.7 Å². The summed E-state index contributed by atoms with van der Waals surface area (Å²) < 4.78 is 14.3. The first-order chi connectivity index (χ1) is 15.6. The van der Waals surface area contributed by atoms with Crippen molar-refractivity contribution in [1.29, 1.82) is 0 Å². The summed E-state index contributed by atoms with van der Waals surface area (Å²) in [6.07, 6.45) is 0. The molecule has 4 heterocycles. The molecule has 0 aliphatic rings. The highest BCUT2D eigenvalue weighted by molar-refractivity contribution is 7.22. The van der Waals surface area contributed by atoms with E-state index in [0.29, 0.717) is 0 Å². The van der Waals surface area contributed by atoms with Crippen LogP contribution in [0.3, 0.4) is 0 Å². The fourth-order valence-electron chi connectivity index (χ4n) is 4.51. The first kappa shape index (κ1) is 18.3. The zero-order valence-corrected chi connectivity index (χ0v) is 19.2. The van der Waals surface area contributed by atoms with Gasteiger partial charge in [-0.1, -0.05) is 12.1 Å². The van der Waals surface area contributed by atoms with Gasteiger partial charge in [0.2, 0.25) is 0 Å². The van der Waals surface area contributed by atoms with Crippen molar-refractivity contribution in [2.45, 2.75) is 13.8 Å². The number of rotatable bonds is 2. The molecule has 0 amide bonds. The lowest BCUT2D eigenvalue weighted by atomic mass is 10.00. The van der Waals surface area contributed by atoms with Gasteiger partial charge in [-0.15, -0.1) is 22.7 Å². The lowest BCUT2D eigenvalue weighted by Crippen LogP contribution is -1.78. The standard InChI is InChI=1S/C28H18O2S2/c1-15-3-7-23(29-15)27-11-19-9-17-5-6-18-10-20-12-28(24-8-4-16(2)30-24)32-26(20)14-22(18)21(17)13-25(19)31-27/h3-14H,1-2H3. The highest BCUT2D eigenvalue weighted by atomic mass is 32.1. The van der Waals surface area contributed by atoms with Crippen LogP contribution in [0.25, 0.3) is 63.0 Å². The number of furan rings is 2. The van der Waals surface area contributed by atoms with E-state index < -0.39 is 0 Å². The molecule has 0 spiro atoms. The Bertz CT molecular complexity index is 1670. The van der Waals surface area contributed by atoms with Crippen LogP contribution in [0.2, 0.25) is 0 Å². The monoisotopic (exact) mass is 450 g/mol. The van der Waals surface area contributed by atoms with Crippen molar-refractivity contribution < 1.29 is 8.83 Å². The third-order valence-corrected chi connectivity index (χ3v) is 8.30. The maximum Gasteiger partial charge on any atom is 0.144 e. The second kappa shape index (κ2) is 6.58. The van der Waals surface area contributed by atoms with Crippen LogP contribution in [0.15, 0.2) is 81.6 Å². The SMILES string of the molecule is Cc1ccc(-c2cc3cc4ccc5cc6cc(-c7ccc(C)o7)sc6cc5c4cc3s2)o1. The quantitative estimate of drug-likeness (QED) is 0.245. The van der Waals surface area contributed by atoms with Crippen LogP contribution in [0.5, 0.6) is 0 Å². The summed E-state index contributed by atoms with van der Waals surface area (Å²) in [7, 11) is 0. The van der Waals surface area contributed by atoms with Crippen molar-refractivity contribution in [3.63, 3.8) is 0 Å². The zero-order chi connectivity index (χ0) is 21.4. The molecule has 0 bridgehead atoms. The number of hydrogen-bond donors (Lipinski definition) is 0. The molecule has 0 saturated heterocycles. The van der Waals surface area contributed by atoms with Gasteiger partial charge >= 0.3 is 0 Å². The number of fused-ring (bicyclic) bond motifs is 5. The van der Waals surface area contributed by atoms with E-state index in [0.717, 1.165) is 23.0 Å². The fraction of sp³-hybridized carbons (Fsp3) is 0.0714. The van der Waals surface area contributed by atoms with Gasteiger partial charge in [0, 0.05) is 9.40 Å². The fourth-order valence-corrected chi connectivity index (χ4v) is 6.60. The molecule has 0 aliphatic carbocycles. The van der Waals surface area contributed by atoms with Gasteiger partial charge in [-0.2, -0.15) is 0 Å². The van der Waals surface area contributed by atoms with Crippen LogP contribution in [-0.4, -0.2) is 0 Å². The van der Waals surface area contributed by atoms with Gasteiger partial charge in [-0.3, -0.25) is 0 Å². The smallest absolute Gasteiger partial charge is 0.144 e. The van der Waals surface area contributed by atoms with Crippen molar-refractivity contribution in [2.75, 3.05) is 0 Å². The highest BCUT2D eigenvalue weighted by Gasteiger charge is 2.13. The van der Waals surface area contributed by atoms with Crippen molar-refractivity contribution >= 4 is 64.4 Å². The maximum atomic E-state index is 5.86. The van der Waals surface area contributed by atoms with Crippen molar-refractivity contribution in [1.82, 2.24) is 0 Å². The van der Waals surface area contributed by atoms with E-state index >= 15 is 0 Å². The summed E-state index contributed by atoms with van der Waals surface area (Å²) in [4.78, 5) is 2.35. The zero-order valence-electron chi connectivity index (χ0n) is 17.6. The molecule has 4 heteroatoms. The summed E-state index contributed by atoms with van der Waals surface area (Å²) in [5, 5.41) is 7.65. The number of benzene rings is 3. The van der Waals surface area contributed by atoms with E-state index in [1.807, 2.05) is 26.0 Å². The topological polar surface area (TPSA) is 26.3 Å². The summed E-state index contributed by atoms with van der Waals surface area (Å²) in [5.41, 5.74) is 0. The minimum absolute atomic E-state index is 0.942. The lowest BCUT2D eigenvalue weighted by molar-refractivity contribution is 0.549. The molecular weight excluding hydrogens is 432 g/mol.